The van der Waals surface area contributed by atoms with Crippen molar-refractivity contribution in [3.05, 3.63) is 29.0 Å². The predicted molar refractivity (Wildman–Crippen MR) is 70.1 cm³/mol. The molecule has 2 aliphatic heterocycles. The number of hydrogen-bond acceptors (Lipinski definition) is 3. The molecule has 0 amide bonds. The van der Waals surface area contributed by atoms with Crippen LogP contribution in [0.25, 0.3) is 0 Å². The van der Waals surface area contributed by atoms with Crippen LogP contribution in [0.15, 0.2) is 23.1 Å². The van der Waals surface area contributed by atoms with Crippen LogP contribution in [0.3, 0.4) is 0 Å². The second-order valence-corrected chi connectivity index (χ2v) is 7.26. The summed E-state index contributed by atoms with van der Waals surface area (Å²) in [5.41, 5.74) is 0. The highest BCUT2D eigenvalue weighted by Crippen LogP contribution is 2.33. The Hall–Kier alpha value is -0.690. The third kappa shape index (κ3) is 2.16. The van der Waals surface area contributed by atoms with Gasteiger partial charge in [-0.25, -0.2) is 12.8 Å². The van der Waals surface area contributed by atoms with E-state index in [1.54, 1.807) is 0 Å². The second kappa shape index (κ2) is 4.70. The molecule has 0 unspecified atom stereocenters. The van der Waals surface area contributed by atoms with Gasteiger partial charge in [-0.3, -0.25) is 0 Å². The van der Waals surface area contributed by atoms with E-state index < -0.39 is 15.8 Å². The van der Waals surface area contributed by atoms with Crippen LogP contribution in [0.1, 0.15) is 6.42 Å². The van der Waals surface area contributed by atoms with E-state index in [1.165, 1.54) is 16.4 Å². The first kappa shape index (κ1) is 13.3. The quantitative estimate of drug-likeness (QED) is 0.900. The fraction of sp³-hybridized carbons (Fsp3) is 0.500. The van der Waals surface area contributed by atoms with Gasteiger partial charge < -0.3 is 5.32 Å². The Morgan fingerprint density at radius 3 is 2.89 bits per heavy atom. The second-order valence-electron chi connectivity index (χ2n) is 4.97. The van der Waals surface area contributed by atoms with Gasteiger partial charge in [0.05, 0.1) is 9.92 Å². The van der Waals surface area contributed by atoms with Crippen LogP contribution >= 0.6 is 11.6 Å². The summed E-state index contributed by atoms with van der Waals surface area (Å²) in [5, 5.41) is 3.04. The molecule has 0 saturated carbocycles. The van der Waals surface area contributed by atoms with E-state index in [0.29, 0.717) is 19.0 Å². The molecule has 104 valence electrons. The SMILES string of the molecule is O=S(=O)(c1ccc(F)c(Cl)c1)N1CC[C@H]2CNC[C@H]21. The van der Waals surface area contributed by atoms with Gasteiger partial charge in [0.1, 0.15) is 5.82 Å². The standard InChI is InChI=1S/C12H14ClFN2O2S/c13-10-5-9(1-2-11(10)14)19(17,18)16-4-3-8-6-15-7-12(8)16/h1-2,5,8,12,15H,3-4,6-7H2/t8-,12+/m0/s1. The van der Waals surface area contributed by atoms with Gasteiger partial charge in [-0.15, -0.1) is 0 Å². The zero-order valence-electron chi connectivity index (χ0n) is 10.1. The van der Waals surface area contributed by atoms with Crippen molar-refractivity contribution in [2.24, 2.45) is 5.92 Å². The smallest absolute Gasteiger partial charge is 0.243 e. The number of rotatable bonds is 2. The Bertz CT molecular complexity index is 608. The largest absolute Gasteiger partial charge is 0.315 e. The molecule has 0 aromatic heterocycles. The Morgan fingerprint density at radius 1 is 1.37 bits per heavy atom. The first-order valence-corrected chi connectivity index (χ1v) is 7.99. The minimum Gasteiger partial charge on any atom is -0.315 e. The Kier molecular flexibility index (Phi) is 3.29. The van der Waals surface area contributed by atoms with Crippen molar-refractivity contribution in [3.8, 4) is 0 Å². The van der Waals surface area contributed by atoms with Gasteiger partial charge in [-0.1, -0.05) is 11.6 Å². The third-order valence-electron chi connectivity index (χ3n) is 3.89. The number of nitrogens with zero attached hydrogens (tertiary/aromatic N) is 1. The maximum absolute atomic E-state index is 13.1. The molecule has 2 fully saturated rings. The first-order valence-electron chi connectivity index (χ1n) is 6.18. The zero-order valence-corrected chi connectivity index (χ0v) is 11.7. The molecule has 0 bridgehead atoms. The maximum Gasteiger partial charge on any atom is 0.243 e. The van der Waals surface area contributed by atoms with E-state index in [0.717, 1.165) is 19.0 Å². The lowest BCUT2D eigenvalue weighted by Gasteiger charge is -2.22. The molecule has 2 atom stereocenters. The van der Waals surface area contributed by atoms with Crippen LogP contribution < -0.4 is 5.32 Å². The molecule has 0 spiro atoms. The van der Waals surface area contributed by atoms with Crippen LogP contribution in [-0.2, 0) is 10.0 Å². The topological polar surface area (TPSA) is 49.4 Å². The molecule has 7 heteroatoms. The molecule has 19 heavy (non-hydrogen) atoms. The predicted octanol–water partition coefficient (Wildman–Crippen LogP) is 1.46. The van der Waals surface area contributed by atoms with Crippen molar-refractivity contribution in [2.75, 3.05) is 19.6 Å². The monoisotopic (exact) mass is 304 g/mol. The van der Waals surface area contributed by atoms with Crippen molar-refractivity contribution in [1.29, 1.82) is 0 Å². The first-order chi connectivity index (χ1) is 9.00. The van der Waals surface area contributed by atoms with E-state index in [2.05, 4.69) is 5.32 Å². The highest BCUT2D eigenvalue weighted by Gasteiger charge is 2.43. The number of fused-ring (bicyclic) bond motifs is 1. The van der Waals surface area contributed by atoms with Gasteiger partial charge >= 0.3 is 0 Å². The third-order valence-corrected chi connectivity index (χ3v) is 6.10. The van der Waals surface area contributed by atoms with Gasteiger partial charge in [0.25, 0.3) is 0 Å². The van der Waals surface area contributed by atoms with Crippen LogP contribution in [-0.4, -0.2) is 38.4 Å². The van der Waals surface area contributed by atoms with Gasteiger partial charge in [0.15, 0.2) is 0 Å². The molecular formula is C12H14ClFN2O2S. The van der Waals surface area contributed by atoms with Gasteiger partial charge in [0.2, 0.25) is 10.0 Å². The summed E-state index contributed by atoms with van der Waals surface area (Å²) in [7, 11) is -3.59. The van der Waals surface area contributed by atoms with Crippen molar-refractivity contribution in [2.45, 2.75) is 17.4 Å². The summed E-state index contributed by atoms with van der Waals surface area (Å²) in [6, 6.07) is 3.55. The maximum atomic E-state index is 13.1. The molecule has 4 nitrogen and oxygen atoms in total. The molecule has 1 N–H and O–H groups in total. The van der Waals surface area contributed by atoms with Crippen molar-refractivity contribution in [1.82, 2.24) is 9.62 Å². The highest BCUT2D eigenvalue weighted by atomic mass is 35.5. The number of nitrogens with one attached hydrogen (secondary N) is 1. The Morgan fingerprint density at radius 2 is 2.16 bits per heavy atom. The van der Waals surface area contributed by atoms with Crippen LogP contribution in [0.4, 0.5) is 4.39 Å². The van der Waals surface area contributed by atoms with Gasteiger partial charge in [0, 0.05) is 19.1 Å². The number of hydrogen-bond donors (Lipinski definition) is 1. The van der Waals surface area contributed by atoms with E-state index in [1.807, 2.05) is 0 Å². The van der Waals surface area contributed by atoms with E-state index in [9.17, 15) is 12.8 Å². The van der Waals surface area contributed by atoms with E-state index in [-0.39, 0.29) is 16.0 Å². The summed E-state index contributed by atoms with van der Waals surface area (Å²) in [4.78, 5) is 0.0615. The average molecular weight is 305 g/mol. The van der Waals surface area contributed by atoms with E-state index >= 15 is 0 Å². The van der Waals surface area contributed by atoms with Gasteiger partial charge in [-0.2, -0.15) is 4.31 Å². The molecule has 0 radical (unpaired) electrons. The normalized spacial score (nSPS) is 27.7. The summed E-state index contributed by atoms with van der Waals surface area (Å²) < 4.78 is 39.8. The molecule has 2 saturated heterocycles. The van der Waals surface area contributed by atoms with Crippen molar-refractivity contribution in [3.63, 3.8) is 0 Å². The number of sulfonamides is 1. The fourth-order valence-corrected chi connectivity index (χ4v) is 4.85. The summed E-state index contributed by atoms with van der Waals surface area (Å²) in [6.45, 7) is 2.06. The molecule has 2 heterocycles. The number of halogens is 2. The summed E-state index contributed by atoms with van der Waals surface area (Å²) in [5.74, 6) is -0.229. The Balaban J connectivity index is 1.96. The molecular weight excluding hydrogens is 291 g/mol. The number of benzene rings is 1. The Labute approximate surface area is 116 Å². The van der Waals surface area contributed by atoms with Gasteiger partial charge in [-0.05, 0) is 37.1 Å². The van der Waals surface area contributed by atoms with Crippen molar-refractivity contribution < 1.29 is 12.8 Å². The minimum absolute atomic E-state index is 0.00817. The fourth-order valence-electron chi connectivity index (χ4n) is 2.88. The lowest BCUT2D eigenvalue weighted by atomic mass is 10.1. The van der Waals surface area contributed by atoms with Crippen LogP contribution in [0.2, 0.25) is 5.02 Å². The summed E-state index contributed by atoms with van der Waals surface area (Å²) >= 11 is 5.67. The lowest BCUT2D eigenvalue weighted by molar-refractivity contribution is 0.383. The summed E-state index contributed by atoms with van der Waals surface area (Å²) in [6.07, 6.45) is 0.867. The average Bonchev–Trinajstić information content (AvgIpc) is 2.94. The highest BCUT2D eigenvalue weighted by molar-refractivity contribution is 7.89. The minimum atomic E-state index is -3.59. The van der Waals surface area contributed by atoms with Crippen molar-refractivity contribution >= 4 is 21.6 Å². The molecule has 1 aromatic rings. The molecule has 3 rings (SSSR count). The van der Waals surface area contributed by atoms with E-state index in [4.69, 9.17) is 11.6 Å². The zero-order chi connectivity index (χ0) is 13.6. The molecule has 2 aliphatic rings. The molecule has 0 aliphatic carbocycles. The lowest BCUT2D eigenvalue weighted by Crippen LogP contribution is -2.39. The van der Waals surface area contributed by atoms with Crippen LogP contribution in [0.5, 0.6) is 0 Å². The van der Waals surface area contributed by atoms with Crippen LogP contribution in [0, 0.1) is 11.7 Å². The molecule has 1 aromatic carbocycles.